The molecule has 1 N–H and O–H groups in total. The van der Waals surface area contributed by atoms with Crippen molar-refractivity contribution in [3.63, 3.8) is 0 Å². The highest BCUT2D eigenvalue weighted by molar-refractivity contribution is 5.82. The summed E-state index contributed by atoms with van der Waals surface area (Å²) in [6.07, 6.45) is 7.65. The van der Waals surface area contributed by atoms with E-state index in [1.165, 1.54) is 0 Å². The maximum absolute atomic E-state index is 12.5. The van der Waals surface area contributed by atoms with Crippen LogP contribution >= 0.6 is 0 Å². The molecule has 0 spiro atoms. The number of hydrogen-bond donors (Lipinski definition) is 1. The maximum Gasteiger partial charge on any atom is 0.251 e. The van der Waals surface area contributed by atoms with E-state index in [1.807, 2.05) is 24.2 Å². The monoisotopic (exact) mass is 390 g/mol. The van der Waals surface area contributed by atoms with Crippen LogP contribution in [0.25, 0.3) is 0 Å². The second-order valence-electron chi connectivity index (χ2n) is 7.42. The molecule has 8 nitrogen and oxygen atoms in total. The molecule has 3 rings (SSSR count). The van der Waals surface area contributed by atoms with Crippen LogP contribution in [0.3, 0.4) is 0 Å². The Balaban J connectivity index is 1.42. The summed E-state index contributed by atoms with van der Waals surface area (Å²) in [4.78, 5) is 25.8. The van der Waals surface area contributed by atoms with Crippen LogP contribution in [0.15, 0.2) is 17.4 Å². The molecule has 2 saturated heterocycles. The average Bonchev–Trinajstić information content (AvgIpc) is 3.39. The third-order valence-electron chi connectivity index (χ3n) is 5.42. The SMILES string of the molecule is CCNC(=NCCCCn1ccnc1C)N1CCN(C(=O)C2CCCO2)CC1. The van der Waals surface area contributed by atoms with Crippen molar-refractivity contribution in [1.82, 2.24) is 24.7 Å². The first-order valence-electron chi connectivity index (χ1n) is 10.6. The molecule has 3 heterocycles. The number of nitrogens with zero attached hydrogens (tertiary/aromatic N) is 5. The number of aromatic nitrogens is 2. The van der Waals surface area contributed by atoms with Crippen molar-refractivity contribution in [2.75, 3.05) is 45.9 Å². The standard InChI is InChI=1S/C20H34N6O2/c1-3-21-20(23-8-4-5-10-24-11-9-22-17(24)2)26-14-12-25(13-15-26)19(27)18-7-6-16-28-18/h9,11,18H,3-8,10,12-16H2,1-2H3,(H,21,23). The molecule has 0 saturated carbocycles. The van der Waals surface area contributed by atoms with Gasteiger partial charge in [0.25, 0.3) is 5.91 Å². The molecular weight excluding hydrogens is 356 g/mol. The van der Waals surface area contributed by atoms with E-state index in [1.54, 1.807) is 0 Å². The first-order valence-corrected chi connectivity index (χ1v) is 10.6. The molecule has 0 aliphatic carbocycles. The highest BCUT2D eigenvalue weighted by atomic mass is 16.5. The van der Waals surface area contributed by atoms with Crippen LogP contribution in [0.1, 0.15) is 38.4 Å². The normalized spacial score (nSPS) is 20.6. The van der Waals surface area contributed by atoms with Gasteiger partial charge in [0.15, 0.2) is 5.96 Å². The van der Waals surface area contributed by atoms with Gasteiger partial charge in [0.2, 0.25) is 0 Å². The quantitative estimate of drug-likeness (QED) is 0.431. The number of nitrogens with one attached hydrogen (secondary N) is 1. The Labute approximate surface area is 168 Å². The van der Waals surface area contributed by atoms with Crippen molar-refractivity contribution in [3.05, 3.63) is 18.2 Å². The topological polar surface area (TPSA) is 75.0 Å². The van der Waals surface area contributed by atoms with Gasteiger partial charge in [0, 0.05) is 64.8 Å². The second kappa shape index (κ2) is 10.5. The zero-order valence-electron chi connectivity index (χ0n) is 17.3. The Morgan fingerprint density at radius 3 is 2.71 bits per heavy atom. The summed E-state index contributed by atoms with van der Waals surface area (Å²) in [5, 5.41) is 3.40. The molecule has 1 amide bonds. The summed E-state index contributed by atoms with van der Waals surface area (Å²) in [7, 11) is 0. The third-order valence-corrected chi connectivity index (χ3v) is 5.42. The Morgan fingerprint density at radius 2 is 2.07 bits per heavy atom. The van der Waals surface area contributed by atoms with E-state index in [4.69, 9.17) is 9.73 Å². The van der Waals surface area contributed by atoms with Gasteiger partial charge in [-0.1, -0.05) is 0 Å². The number of unbranched alkanes of at least 4 members (excludes halogenated alkanes) is 1. The van der Waals surface area contributed by atoms with E-state index >= 15 is 0 Å². The van der Waals surface area contributed by atoms with E-state index in [-0.39, 0.29) is 12.0 Å². The predicted octanol–water partition coefficient (Wildman–Crippen LogP) is 1.26. The number of aryl methyl sites for hydroxylation is 2. The fourth-order valence-corrected chi connectivity index (χ4v) is 3.76. The lowest BCUT2D eigenvalue weighted by atomic mass is 10.2. The fraction of sp³-hybridized carbons (Fsp3) is 0.750. The van der Waals surface area contributed by atoms with Crippen LogP contribution in [0.5, 0.6) is 0 Å². The highest BCUT2D eigenvalue weighted by Gasteiger charge is 2.30. The molecule has 1 aromatic heterocycles. The average molecular weight is 391 g/mol. The molecule has 2 aliphatic rings. The minimum Gasteiger partial charge on any atom is -0.368 e. The first kappa shape index (κ1) is 20.6. The largest absolute Gasteiger partial charge is 0.368 e. The first-order chi connectivity index (χ1) is 13.7. The highest BCUT2D eigenvalue weighted by Crippen LogP contribution is 2.16. The number of rotatable bonds is 7. The minimum absolute atomic E-state index is 0.161. The Morgan fingerprint density at radius 1 is 1.29 bits per heavy atom. The molecule has 0 radical (unpaired) electrons. The van der Waals surface area contributed by atoms with Gasteiger partial charge in [-0.25, -0.2) is 4.98 Å². The number of carbonyl (C=O) groups excluding carboxylic acids is 1. The van der Waals surface area contributed by atoms with Crippen LogP contribution in [0.2, 0.25) is 0 Å². The summed E-state index contributed by atoms with van der Waals surface area (Å²) < 4.78 is 7.72. The maximum atomic E-state index is 12.5. The van der Waals surface area contributed by atoms with Gasteiger partial charge in [0.1, 0.15) is 11.9 Å². The van der Waals surface area contributed by atoms with Crippen molar-refractivity contribution in [3.8, 4) is 0 Å². The summed E-state index contributed by atoms with van der Waals surface area (Å²) in [5.74, 6) is 2.19. The summed E-state index contributed by atoms with van der Waals surface area (Å²) in [5.41, 5.74) is 0. The van der Waals surface area contributed by atoms with Crippen molar-refractivity contribution in [1.29, 1.82) is 0 Å². The molecule has 1 atom stereocenters. The lowest BCUT2D eigenvalue weighted by molar-refractivity contribution is -0.142. The Kier molecular flexibility index (Phi) is 7.71. The Bertz CT molecular complexity index is 645. The summed E-state index contributed by atoms with van der Waals surface area (Å²) in [6, 6.07) is 0. The van der Waals surface area contributed by atoms with Crippen molar-refractivity contribution in [2.24, 2.45) is 4.99 Å². The van der Waals surface area contributed by atoms with Crippen molar-refractivity contribution >= 4 is 11.9 Å². The van der Waals surface area contributed by atoms with Crippen LogP contribution in [-0.4, -0.2) is 83.2 Å². The number of hydrogen-bond acceptors (Lipinski definition) is 4. The van der Waals surface area contributed by atoms with E-state index in [0.717, 1.165) is 83.3 Å². The number of imidazole rings is 1. The molecule has 1 unspecified atom stereocenters. The van der Waals surface area contributed by atoms with Crippen LogP contribution in [0, 0.1) is 6.92 Å². The number of guanidine groups is 1. The zero-order valence-corrected chi connectivity index (χ0v) is 17.3. The molecule has 156 valence electrons. The third kappa shape index (κ3) is 5.47. The van der Waals surface area contributed by atoms with E-state index in [0.29, 0.717) is 6.61 Å². The number of ether oxygens (including phenoxy) is 1. The van der Waals surface area contributed by atoms with Crippen LogP contribution < -0.4 is 5.32 Å². The fourth-order valence-electron chi connectivity index (χ4n) is 3.76. The Hall–Kier alpha value is -2.09. The number of carbonyl (C=O) groups is 1. The van der Waals surface area contributed by atoms with Gasteiger partial charge in [-0.2, -0.15) is 0 Å². The van der Waals surface area contributed by atoms with Gasteiger partial charge < -0.3 is 24.4 Å². The van der Waals surface area contributed by atoms with Crippen molar-refractivity contribution < 1.29 is 9.53 Å². The predicted molar refractivity (Wildman–Crippen MR) is 109 cm³/mol. The molecule has 2 aliphatic heterocycles. The lowest BCUT2D eigenvalue weighted by Crippen LogP contribution is -2.55. The molecule has 2 fully saturated rings. The second-order valence-corrected chi connectivity index (χ2v) is 7.42. The van der Waals surface area contributed by atoms with Gasteiger partial charge in [-0.3, -0.25) is 9.79 Å². The van der Waals surface area contributed by atoms with Gasteiger partial charge in [-0.15, -0.1) is 0 Å². The van der Waals surface area contributed by atoms with Gasteiger partial charge in [0.05, 0.1) is 0 Å². The van der Waals surface area contributed by atoms with Crippen molar-refractivity contribution in [2.45, 2.75) is 52.2 Å². The van der Waals surface area contributed by atoms with E-state index in [2.05, 4.69) is 26.7 Å². The van der Waals surface area contributed by atoms with Gasteiger partial charge >= 0.3 is 0 Å². The van der Waals surface area contributed by atoms with E-state index in [9.17, 15) is 4.79 Å². The zero-order chi connectivity index (χ0) is 19.8. The van der Waals surface area contributed by atoms with Crippen LogP contribution in [0.4, 0.5) is 0 Å². The molecule has 0 bridgehead atoms. The minimum atomic E-state index is -0.215. The van der Waals surface area contributed by atoms with Gasteiger partial charge in [-0.05, 0) is 39.5 Å². The number of amides is 1. The molecule has 8 heteroatoms. The lowest BCUT2D eigenvalue weighted by Gasteiger charge is -2.37. The summed E-state index contributed by atoms with van der Waals surface area (Å²) >= 11 is 0. The molecule has 0 aromatic carbocycles. The van der Waals surface area contributed by atoms with E-state index < -0.39 is 0 Å². The molecule has 1 aromatic rings. The molecular formula is C20H34N6O2. The number of piperazine rings is 1. The van der Waals surface area contributed by atoms with Crippen LogP contribution in [-0.2, 0) is 16.1 Å². The smallest absolute Gasteiger partial charge is 0.251 e. The number of aliphatic imine (C=N–C) groups is 1. The summed E-state index contributed by atoms with van der Waals surface area (Å²) in [6.45, 7) is 10.6. The molecule has 28 heavy (non-hydrogen) atoms.